The molecule has 0 aliphatic rings. The van der Waals surface area contributed by atoms with E-state index in [1.807, 2.05) is 0 Å². The van der Waals surface area contributed by atoms with Gasteiger partial charge in [0.05, 0.1) is 5.56 Å². The third kappa shape index (κ3) is 3.47. The first kappa shape index (κ1) is 14.0. The number of halogens is 3. The number of rotatable bonds is 3. The Morgan fingerprint density at radius 1 is 1.33 bits per heavy atom. The lowest BCUT2D eigenvalue weighted by Crippen LogP contribution is -2.36. The largest absolute Gasteiger partial charge is 0.478 e. The Hall–Kier alpha value is -2.05. The van der Waals surface area contributed by atoms with Crippen LogP contribution in [0.5, 0.6) is 0 Å². The summed E-state index contributed by atoms with van der Waals surface area (Å²) in [6.45, 7) is 1.24. The van der Waals surface area contributed by atoms with Crippen molar-refractivity contribution in [3.63, 3.8) is 0 Å². The third-order valence-corrected chi connectivity index (χ3v) is 2.29. The second-order valence-electron chi connectivity index (χ2n) is 3.63. The van der Waals surface area contributed by atoms with E-state index >= 15 is 0 Å². The number of alkyl halides is 3. The Morgan fingerprint density at radius 2 is 1.94 bits per heavy atom. The van der Waals surface area contributed by atoms with Crippen LogP contribution in [0.25, 0.3) is 0 Å². The van der Waals surface area contributed by atoms with E-state index in [1.165, 1.54) is 18.2 Å². The molecule has 0 heterocycles. The first-order chi connectivity index (χ1) is 8.21. The van der Waals surface area contributed by atoms with E-state index in [1.54, 1.807) is 12.2 Å². The number of carbonyl (C=O) groups excluding carboxylic acids is 1. The van der Waals surface area contributed by atoms with Crippen LogP contribution < -0.4 is 5.32 Å². The number of carboxylic acids is 1. The fraction of sp³-hybridized carbons (Fsp3) is 0.273. The fourth-order valence-electron chi connectivity index (χ4n) is 1.27. The normalized spacial score (nSPS) is 11.1. The molecule has 1 amide bonds. The number of nitrogens with one attached hydrogen (secondary N) is 1. The summed E-state index contributed by atoms with van der Waals surface area (Å²) in [7, 11) is 0. The topological polar surface area (TPSA) is 66.4 Å². The van der Waals surface area contributed by atoms with Gasteiger partial charge in [0.2, 0.25) is 0 Å². The van der Waals surface area contributed by atoms with Crippen molar-refractivity contribution in [1.29, 1.82) is 0 Å². The minimum Gasteiger partial charge on any atom is -0.478 e. The number of amides is 1. The quantitative estimate of drug-likeness (QED) is 0.872. The molecule has 1 rings (SSSR count). The molecule has 7 heteroatoms. The summed E-state index contributed by atoms with van der Waals surface area (Å²) >= 11 is 0. The molecule has 1 aromatic rings. The minimum atomic E-state index is -4.95. The second-order valence-corrected chi connectivity index (χ2v) is 3.63. The minimum absolute atomic E-state index is 0.0446. The van der Waals surface area contributed by atoms with Gasteiger partial charge in [0.25, 0.3) is 0 Å². The highest BCUT2D eigenvalue weighted by atomic mass is 19.4. The molecule has 1 aromatic carbocycles. The summed E-state index contributed by atoms with van der Waals surface area (Å²) in [5, 5.41) is 10.4. The Balaban J connectivity index is 2.82. The van der Waals surface area contributed by atoms with Crippen LogP contribution in [0.15, 0.2) is 18.2 Å². The number of aryl methyl sites for hydroxylation is 1. The number of hydrogen-bond donors (Lipinski definition) is 2. The summed E-state index contributed by atoms with van der Waals surface area (Å²) in [4.78, 5) is 21.3. The van der Waals surface area contributed by atoms with Gasteiger partial charge < -0.3 is 10.4 Å². The molecule has 0 radical (unpaired) electrons. The van der Waals surface area contributed by atoms with Crippen molar-refractivity contribution < 1.29 is 27.9 Å². The van der Waals surface area contributed by atoms with E-state index in [-0.39, 0.29) is 12.1 Å². The lowest BCUT2D eigenvalue weighted by Gasteiger charge is -2.10. The molecule has 0 spiro atoms. The van der Waals surface area contributed by atoms with Gasteiger partial charge in [0.15, 0.2) is 0 Å². The summed E-state index contributed by atoms with van der Waals surface area (Å²) in [6.07, 6.45) is -4.95. The Bertz CT molecular complexity index is 483. The molecule has 0 unspecified atom stereocenters. The van der Waals surface area contributed by atoms with Crippen molar-refractivity contribution >= 4 is 11.9 Å². The maximum atomic E-state index is 12.0. The van der Waals surface area contributed by atoms with Crippen LogP contribution in [0.2, 0.25) is 0 Å². The molecular weight excluding hydrogens is 251 g/mol. The van der Waals surface area contributed by atoms with E-state index < -0.39 is 18.1 Å². The zero-order valence-corrected chi connectivity index (χ0v) is 9.34. The zero-order chi connectivity index (χ0) is 13.9. The summed E-state index contributed by atoms with van der Waals surface area (Å²) < 4.78 is 35.9. The Labute approximate surface area is 100 Å². The molecule has 0 aliphatic heterocycles. The molecule has 2 N–H and O–H groups in total. The smallest absolute Gasteiger partial charge is 0.471 e. The van der Waals surface area contributed by atoms with Crippen LogP contribution >= 0.6 is 0 Å². The van der Waals surface area contributed by atoms with Gasteiger partial charge in [0, 0.05) is 6.54 Å². The van der Waals surface area contributed by atoms with Gasteiger partial charge in [0.1, 0.15) is 0 Å². The SMILES string of the molecule is Cc1ccc(C(=O)O)cc1CNC(=O)C(F)(F)F. The Kier molecular flexibility index (Phi) is 3.95. The predicted octanol–water partition coefficient (Wildman–Crippen LogP) is 1.87. The molecule has 0 saturated heterocycles. The molecular formula is C11H10F3NO3. The van der Waals surface area contributed by atoms with E-state index in [4.69, 9.17) is 5.11 Å². The number of hydrogen-bond acceptors (Lipinski definition) is 2. The van der Waals surface area contributed by atoms with E-state index in [0.29, 0.717) is 11.1 Å². The van der Waals surface area contributed by atoms with Crippen LogP contribution in [-0.4, -0.2) is 23.2 Å². The van der Waals surface area contributed by atoms with Gasteiger partial charge in [-0.2, -0.15) is 13.2 Å². The molecule has 0 aromatic heterocycles. The van der Waals surface area contributed by atoms with E-state index in [2.05, 4.69) is 0 Å². The Morgan fingerprint density at radius 3 is 2.44 bits per heavy atom. The first-order valence-corrected chi connectivity index (χ1v) is 4.89. The van der Waals surface area contributed by atoms with Crippen molar-refractivity contribution in [2.45, 2.75) is 19.6 Å². The highest BCUT2D eigenvalue weighted by Crippen LogP contribution is 2.16. The lowest BCUT2D eigenvalue weighted by atomic mass is 10.1. The first-order valence-electron chi connectivity index (χ1n) is 4.89. The molecule has 0 fully saturated rings. The molecule has 4 nitrogen and oxygen atoms in total. The summed E-state index contributed by atoms with van der Waals surface area (Å²) in [5.41, 5.74) is 0.881. The number of carboxylic acid groups (broad SMARTS) is 1. The van der Waals surface area contributed by atoms with Crippen molar-refractivity contribution in [2.75, 3.05) is 0 Å². The van der Waals surface area contributed by atoms with Crippen LogP contribution in [0.3, 0.4) is 0 Å². The average molecular weight is 261 g/mol. The predicted molar refractivity (Wildman–Crippen MR) is 56.0 cm³/mol. The highest BCUT2D eigenvalue weighted by Gasteiger charge is 2.38. The maximum absolute atomic E-state index is 12.0. The number of benzene rings is 1. The van der Waals surface area contributed by atoms with E-state index in [9.17, 15) is 22.8 Å². The molecule has 0 saturated carbocycles. The molecule has 0 atom stereocenters. The van der Waals surface area contributed by atoms with Gasteiger partial charge in [-0.25, -0.2) is 4.79 Å². The molecule has 18 heavy (non-hydrogen) atoms. The van der Waals surface area contributed by atoms with Gasteiger partial charge in [-0.3, -0.25) is 4.79 Å². The van der Waals surface area contributed by atoms with Gasteiger partial charge in [-0.15, -0.1) is 0 Å². The monoisotopic (exact) mass is 261 g/mol. The van der Waals surface area contributed by atoms with Crippen molar-refractivity contribution in [3.8, 4) is 0 Å². The highest BCUT2D eigenvalue weighted by molar-refractivity contribution is 5.88. The van der Waals surface area contributed by atoms with Gasteiger partial charge in [-0.1, -0.05) is 6.07 Å². The van der Waals surface area contributed by atoms with Crippen LogP contribution in [0.1, 0.15) is 21.5 Å². The van der Waals surface area contributed by atoms with Crippen LogP contribution in [0, 0.1) is 6.92 Å². The van der Waals surface area contributed by atoms with Gasteiger partial charge in [-0.05, 0) is 30.2 Å². The summed E-state index contributed by atoms with van der Waals surface area (Å²) in [5.74, 6) is -3.24. The standard InChI is InChI=1S/C11H10F3NO3/c1-6-2-3-7(9(16)17)4-8(6)5-15-10(18)11(12,13)14/h2-4H,5H2,1H3,(H,15,18)(H,16,17). The third-order valence-electron chi connectivity index (χ3n) is 2.29. The van der Waals surface area contributed by atoms with Gasteiger partial charge >= 0.3 is 18.1 Å². The van der Waals surface area contributed by atoms with Crippen molar-refractivity contribution in [2.24, 2.45) is 0 Å². The fourth-order valence-corrected chi connectivity index (χ4v) is 1.27. The van der Waals surface area contributed by atoms with E-state index in [0.717, 1.165) is 0 Å². The van der Waals surface area contributed by atoms with Crippen molar-refractivity contribution in [3.05, 3.63) is 34.9 Å². The second kappa shape index (κ2) is 5.07. The average Bonchev–Trinajstić information content (AvgIpc) is 2.25. The van der Waals surface area contributed by atoms with Crippen LogP contribution in [-0.2, 0) is 11.3 Å². The molecule has 0 bridgehead atoms. The van der Waals surface area contributed by atoms with Crippen LogP contribution in [0.4, 0.5) is 13.2 Å². The zero-order valence-electron chi connectivity index (χ0n) is 9.34. The lowest BCUT2D eigenvalue weighted by molar-refractivity contribution is -0.173. The number of aromatic carboxylic acids is 1. The maximum Gasteiger partial charge on any atom is 0.471 e. The van der Waals surface area contributed by atoms with Crippen molar-refractivity contribution in [1.82, 2.24) is 5.32 Å². The molecule has 0 aliphatic carbocycles. The number of carbonyl (C=O) groups is 2. The molecule has 98 valence electrons. The summed E-state index contributed by atoms with van der Waals surface area (Å²) in [6, 6.07) is 4.04.